The molecular formula is C62H115NO3. The number of carbonyl (C=O) groups is 1. The lowest BCUT2D eigenvalue weighted by molar-refractivity contribution is -0.123. The first kappa shape index (κ1) is 64.1. The Morgan fingerprint density at radius 3 is 1.00 bits per heavy atom. The fraction of sp³-hybridized carbons (Fsp3) is 0.823. The number of amides is 1. The Bertz CT molecular complexity index is 1090. The standard InChI is InChI=1S/C62H115NO3/c1-3-5-7-9-11-13-15-17-19-21-23-25-26-27-28-29-30-31-32-33-34-35-36-38-40-42-44-46-48-50-52-54-56-58-62(66)63-60(59-64)61(65)57-55-53-51-49-47-45-43-41-39-37-24-22-20-18-16-14-12-10-8-6-4-2/h5,7,11,13,17,19,23,25,27-28,60-61,64-65H,3-4,6,8-10,12,14-16,18,20-22,24,26,29-59H2,1-2H3,(H,63,66)/b7-5-,13-11-,19-17-,25-23-,28-27-. The molecule has 0 aliphatic rings. The predicted molar refractivity (Wildman–Crippen MR) is 294 cm³/mol. The van der Waals surface area contributed by atoms with Crippen molar-refractivity contribution in [3.05, 3.63) is 60.8 Å². The third-order valence-corrected chi connectivity index (χ3v) is 13.5. The zero-order valence-corrected chi connectivity index (χ0v) is 44.5. The van der Waals surface area contributed by atoms with Crippen LogP contribution in [0, 0.1) is 0 Å². The van der Waals surface area contributed by atoms with Crippen LogP contribution in [0.3, 0.4) is 0 Å². The Balaban J connectivity index is 3.44. The van der Waals surface area contributed by atoms with Crippen LogP contribution in [-0.4, -0.2) is 34.9 Å². The van der Waals surface area contributed by atoms with Gasteiger partial charge in [-0.3, -0.25) is 4.79 Å². The first-order chi connectivity index (χ1) is 32.7. The maximum absolute atomic E-state index is 12.5. The molecule has 3 N–H and O–H groups in total. The van der Waals surface area contributed by atoms with Crippen molar-refractivity contribution in [2.24, 2.45) is 0 Å². The minimum absolute atomic E-state index is 0.0278. The molecule has 0 saturated carbocycles. The molecule has 0 fully saturated rings. The number of nitrogens with one attached hydrogen (secondary N) is 1. The lowest BCUT2D eigenvalue weighted by Crippen LogP contribution is -2.45. The van der Waals surface area contributed by atoms with Crippen molar-refractivity contribution in [2.45, 2.75) is 321 Å². The third-order valence-electron chi connectivity index (χ3n) is 13.5. The summed E-state index contributed by atoms with van der Waals surface area (Å²) in [5, 5.41) is 23.4. The first-order valence-corrected chi connectivity index (χ1v) is 29.5. The summed E-state index contributed by atoms with van der Waals surface area (Å²) in [4.78, 5) is 12.5. The van der Waals surface area contributed by atoms with Gasteiger partial charge in [-0.1, -0.05) is 306 Å². The number of rotatable bonds is 54. The van der Waals surface area contributed by atoms with Crippen LogP contribution in [0.1, 0.15) is 309 Å². The molecule has 0 bridgehead atoms. The number of hydrogen-bond donors (Lipinski definition) is 3. The van der Waals surface area contributed by atoms with Gasteiger partial charge in [0.2, 0.25) is 5.91 Å². The van der Waals surface area contributed by atoms with Gasteiger partial charge in [-0.25, -0.2) is 0 Å². The topological polar surface area (TPSA) is 69.6 Å². The minimum atomic E-state index is -0.661. The highest BCUT2D eigenvalue weighted by atomic mass is 16.3. The molecule has 0 heterocycles. The predicted octanol–water partition coefficient (Wildman–Crippen LogP) is 19.6. The van der Waals surface area contributed by atoms with Crippen molar-refractivity contribution in [3.63, 3.8) is 0 Å². The molecule has 386 valence electrons. The lowest BCUT2D eigenvalue weighted by Gasteiger charge is -2.22. The van der Waals surface area contributed by atoms with Gasteiger partial charge in [0, 0.05) is 6.42 Å². The highest BCUT2D eigenvalue weighted by molar-refractivity contribution is 5.76. The van der Waals surface area contributed by atoms with Crippen LogP contribution >= 0.6 is 0 Å². The number of unbranched alkanes of at least 4 members (excludes halogenated alkanes) is 37. The van der Waals surface area contributed by atoms with Gasteiger partial charge in [-0.2, -0.15) is 0 Å². The van der Waals surface area contributed by atoms with Crippen molar-refractivity contribution in [3.8, 4) is 0 Å². The smallest absolute Gasteiger partial charge is 0.220 e. The molecule has 0 aromatic heterocycles. The molecule has 0 saturated heterocycles. The zero-order valence-electron chi connectivity index (χ0n) is 44.5. The van der Waals surface area contributed by atoms with E-state index in [4.69, 9.17) is 0 Å². The molecule has 2 atom stereocenters. The maximum Gasteiger partial charge on any atom is 0.220 e. The van der Waals surface area contributed by atoms with Gasteiger partial charge in [0.1, 0.15) is 0 Å². The molecule has 0 aromatic carbocycles. The fourth-order valence-corrected chi connectivity index (χ4v) is 9.10. The molecule has 0 spiro atoms. The van der Waals surface area contributed by atoms with E-state index in [0.717, 1.165) is 57.8 Å². The maximum atomic E-state index is 12.5. The van der Waals surface area contributed by atoms with Crippen LogP contribution in [0.15, 0.2) is 60.8 Å². The van der Waals surface area contributed by atoms with E-state index in [1.807, 2.05) is 0 Å². The molecule has 0 aromatic rings. The van der Waals surface area contributed by atoms with E-state index in [1.54, 1.807) is 0 Å². The number of carbonyl (C=O) groups excluding carboxylic acids is 1. The molecule has 0 aliphatic heterocycles. The quantitative estimate of drug-likeness (QED) is 0.0420. The Labute approximate surface area is 413 Å². The Hall–Kier alpha value is -1.91. The average Bonchev–Trinajstić information content (AvgIpc) is 3.32. The van der Waals surface area contributed by atoms with Gasteiger partial charge >= 0.3 is 0 Å². The summed E-state index contributed by atoms with van der Waals surface area (Å²) >= 11 is 0. The molecule has 4 heteroatoms. The van der Waals surface area contributed by atoms with Crippen LogP contribution in [-0.2, 0) is 4.79 Å². The summed E-state index contributed by atoms with van der Waals surface area (Å²) in [6.07, 6.45) is 80.7. The summed E-state index contributed by atoms with van der Waals surface area (Å²) in [7, 11) is 0. The van der Waals surface area contributed by atoms with Gasteiger partial charge in [-0.05, 0) is 57.8 Å². The summed E-state index contributed by atoms with van der Waals surface area (Å²) in [6.45, 7) is 4.27. The summed E-state index contributed by atoms with van der Waals surface area (Å²) < 4.78 is 0. The van der Waals surface area contributed by atoms with Gasteiger partial charge in [0.15, 0.2) is 0 Å². The molecule has 2 unspecified atom stereocenters. The first-order valence-electron chi connectivity index (χ1n) is 29.5. The van der Waals surface area contributed by atoms with Gasteiger partial charge in [-0.15, -0.1) is 0 Å². The van der Waals surface area contributed by atoms with Crippen LogP contribution in [0.4, 0.5) is 0 Å². The molecule has 0 radical (unpaired) electrons. The Morgan fingerprint density at radius 2 is 0.667 bits per heavy atom. The van der Waals surface area contributed by atoms with Gasteiger partial charge in [0.05, 0.1) is 18.8 Å². The van der Waals surface area contributed by atoms with E-state index in [-0.39, 0.29) is 12.5 Å². The molecular weight excluding hydrogens is 807 g/mol. The van der Waals surface area contributed by atoms with Crippen molar-refractivity contribution in [1.29, 1.82) is 0 Å². The highest BCUT2D eigenvalue weighted by Crippen LogP contribution is 2.18. The Morgan fingerprint density at radius 1 is 0.379 bits per heavy atom. The minimum Gasteiger partial charge on any atom is -0.394 e. The summed E-state index contributed by atoms with van der Waals surface area (Å²) in [6, 6.07) is -0.538. The normalized spacial score (nSPS) is 13.2. The number of aliphatic hydroxyl groups excluding tert-OH is 2. The second kappa shape index (κ2) is 57.4. The SMILES string of the molecule is CC/C=C\C/C=C\C/C=C\C/C=C\C/C=C\CCCCCCCCCCCCCCCCCCCC(=O)NC(CO)C(O)CCCCCCCCCCCCCCCCCCCCCCC. The van der Waals surface area contributed by atoms with E-state index < -0.39 is 12.1 Å². The van der Waals surface area contributed by atoms with Crippen molar-refractivity contribution < 1.29 is 15.0 Å². The lowest BCUT2D eigenvalue weighted by atomic mass is 10.0. The van der Waals surface area contributed by atoms with E-state index in [1.165, 1.54) is 225 Å². The third kappa shape index (κ3) is 53.1. The van der Waals surface area contributed by atoms with Crippen molar-refractivity contribution in [1.82, 2.24) is 5.32 Å². The largest absolute Gasteiger partial charge is 0.394 e. The summed E-state index contributed by atoms with van der Waals surface area (Å²) in [5.74, 6) is -0.0278. The molecule has 1 amide bonds. The molecule has 4 nitrogen and oxygen atoms in total. The van der Waals surface area contributed by atoms with Crippen molar-refractivity contribution >= 4 is 5.91 Å². The number of aliphatic hydroxyl groups is 2. The van der Waals surface area contributed by atoms with E-state index in [9.17, 15) is 15.0 Å². The monoisotopic (exact) mass is 922 g/mol. The Kier molecular flexibility index (Phi) is 55.7. The van der Waals surface area contributed by atoms with E-state index in [0.29, 0.717) is 12.8 Å². The highest BCUT2D eigenvalue weighted by Gasteiger charge is 2.20. The molecule has 0 aliphatic carbocycles. The van der Waals surface area contributed by atoms with Gasteiger partial charge in [0.25, 0.3) is 0 Å². The van der Waals surface area contributed by atoms with Crippen molar-refractivity contribution in [2.75, 3.05) is 6.61 Å². The summed E-state index contributed by atoms with van der Waals surface area (Å²) in [5.41, 5.74) is 0. The zero-order chi connectivity index (χ0) is 47.7. The van der Waals surface area contributed by atoms with Crippen LogP contribution in [0.5, 0.6) is 0 Å². The van der Waals surface area contributed by atoms with Crippen LogP contribution < -0.4 is 5.32 Å². The second-order valence-corrected chi connectivity index (χ2v) is 20.0. The molecule has 0 rings (SSSR count). The van der Waals surface area contributed by atoms with E-state index in [2.05, 4.69) is 79.9 Å². The number of allylic oxidation sites excluding steroid dienone is 10. The van der Waals surface area contributed by atoms with E-state index >= 15 is 0 Å². The van der Waals surface area contributed by atoms with Crippen LogP contribution in [0.2, 0.25) is 0 Å². The van der Waals surface area contributed by atoms with Gasteiger partial charge < -0.3 is 15.5 Å². The number of hydrogen-bond acceptors (Lipinski definition) is 3. The average molecular weight is 923 g/mol. The second-order valence-electron chi connectivity index (χ2n) is 20.0. The molecule has 66 heavy (non-hydrogen) atoms. The fourth-order valence-electron chi connectivity index (χ4n) is 9.10. The van der Waals surface area contributed by atoms with Crippen LogP contribution in [0.25, 0.3) is 0 Å².